The van der Waals surface area contributed by atoms with E-state index in [2.05, 4.69) is 43.1 Å². The molecule has 0 aliphatic carbocycles. The van der Waals surface area contributed by atoms with Crippen molar-refractivity contribution in [3.05, 3.63) is 36.0 Å². The molecule has 0 amide bonds. The van der Waals surface area contributed by atoms with Crippen LogP contribution in [0.5, 0.6) is 0 Å². The number of nitrogens with one attached hydrogen (secondary N) is 1. The van der Waals surface area contributed by atoms with Crippen LogP contribution in [0.1, 0.15) is 32.8 Å². The van der Waals surface area contributed by atoms with E-state index in [1.54, 1.807) is 0 Å². The Hall–Kier alpha value is -1.24. The van der Waals surface area contributed by atoms with E-state index in [9.17, 15) is 0 Å². The molecule has 0 atom stereocenters. The molecule has 70 valence electrons. The molecular formula is C12H17N. The van der Waals surface area contributed by atoms with E-state index in [0.29, 0.717) is 5.92 Å². The van der Waals surface area contributed by atoms with Gasteiger partial charge in [0.25, 0.3) is 0 Å². The van der Waals surface area contributed by atoms with E-state index in [1.807, 2.05) is 6.20 Å². The molecule has 1 nitrogen and oxygen atoms in total. The summed E-state index contributed by atoms with van der Waals surface area (Å²) in [6, 6.07) is 8.69. The van der Waals surface area contributed by atoms with Crippen molar-refractivity contribution < 1.29 is 0 Å². The van der Waals surface area contributed by atoms with Crippen LogP contribution in [0.3, 0.4) is 0 Å². The quantitative estimate of drug-likeness (QED) is 0.676. The van der Waals surface area contributed by atoms with Crippen LogP contribution in [0.4, 0.5) is 0 Å². The standard InChI is InChI=1S/C11H13N.CH4/c1-8(2)9-3-4-11-10(7-9)5-6-12-11;/h3-8,12H,1-2H3;1H4. The van der Waals surface area contributed by atoms with Gasteiger partial charge >= 0.3 is 0 Å². The maximum absolute atomic E-state index is 3.19. The maximum atomic E-state index is 3.19. The van der Waals surface area contributed by atoms with E-state index >= 15 is 0 Å². The lowest BCUT2D eigenvalue weighted by molar-refractivity contribution is 0.869. The normalized spacial score (nSPS) is 10.4. The van der Waals surface area contributed by atoms with Gasteiger partial charge in [0.2, 0.25) is 0 Å². The van der Waals surface area contributed by atoms with E-state index in [-0.39, 0.29) is 7.43 Å². The minimum atomic E-state index is 0. The Kier molecular flexibility index (Phi) is 2.76. The van der Waals surface area contributed by atoms with Crippen LogP contribution in [0, 0.1) is 0 Å². The third-order valence-corrected chi connectivity index (χ3v) is 2.24. The molecule has 2 rings (SSSR count). The summed E-state index contributed by atoms with van der Waals surface area (Å²) in [6.07, 6.45) is 1.98. The molecule has 1 N–H and O–H groups in total. The van der Waals surface area contributed by atoms with Crippen molar-refractivity contribution in [1.82, 2.24) is 4.98 Å². The lowest BCUT2D eigenvalue weighted by Crippen LogP contribution is -1.85. The summed E-state index contributed by atoms with van der Waals surface area (Å²) in [7, 11) is 0. The van der Waals surface area contributed by atoms with E-state index in [4.69, 9.17) is 0 Å². The summed E-state index contributed by atoms with van der Waals surface area (Å²) in [5, 5.41) is 1.31. The first kappa shape index (κ1) is 9.85. The average molecular weight is 175 g/mol. The highest BCUT2D eigenvalue weighted by atomic mass is 14.7. The lowest BCUT2D eigenvalue weighted by atomic mass is 10.0. The number of benzene rings is 1. The van der Waals surface area contributed by atoms with Gasteiger partial charge in [-0.05, 0) is 35.1 Å². The minimum Gasteiger partial charge on any atom is -0.361 e. The summed E-state index contributed by atoms with van der Waals surface area (Å²) in [5.41, 5.74) is 2.63. The number of fused-ring (bicyclic) bond motifs is 1. The zero-order valence-corrected chi connectivity index (χ0v) is 7.46. The highest BCUT2D eigenvalue weighted by molar-refractivity contribution is 5.80. The van der Waals surface area contributed by atoms with Crippen LogP contribution in [-0.4, -0.2) is 4.98 Å². The highest BCUT2D eigenvalue weighted by Crippen LogP contribution is 2.19. The molecule has 1 heterocycles. The molecule has 1 aromatic carbocycles. The summed E-state index contributed by atoms with van der Waals surface area (Å²) in [4.78, 5) is 3.19. The van der Waals surface area contributed by atoms with Crippen LogP contribution in [0.25, 0.3) is 10.9 Å². The fourth-order valence-electron chi connectivity index (χ4n) is 1.43. The maximum Gasteiger partial charge on any atom is 0.0454 e. The van der Waals surface area contributed by atoms with E-state index < -0.39 is 0 Å². The summed E-state index contributed by atoms with van der Waals surface area (Å²) in [5.74, 6) is 0.615. The summed E-state index contributed by atoms with van der Waals surface area (Å²) in [6.45, 7) is 4.43. The Morgan fingerprint density at radius 2 is 1.92 bits per heavy atom. The van der Waals surface area contributed by atoms with Crippen molar-refractivity contribution in [3.63, 3.8) is 0 Å². The van der Waals surface area contributed by atoms with Gasteiger partial charge in [0, 0.05) is 11.7 Å². The van der Waals surface area contributed by atoms with Crippen LogP contribution in [0.15, 0.2) is 30.5 Å². The van der Waals surface area contributed by atoms with Crippen molar-refractivity contribution in [2.24, 2.45) is 0 Å². The van der Waals surface area contributed by atoms with Crippen LogP contribution in [0.2, 0.25) is 0 Å². The van der Waals surface area contributed by atoms with Gasteiger partial charge in [0.1, 0.15) is 0 Å². The third-order valence-electron chi connectivity index (χ3n) is 2.24. The molecule has 13 heavy (non-hydrogen) atoms. The van der Waals surface area contributed by atoms with Crippen LogP contribution >= 0.6 is 0 Å². The first-order valence-electron chi connectivity index (χ1n) is 4.34. The molecule has 0 saturated heterocycles. The predicted molar refractivity (Wildman–Crippen MR) is 59.1 cm³/mol. The summed E-state index contributed by atoms with van der Waals surface area (Å²) >= 11 is 0. The predicted octanol–water partition coefficient (Wildman–Crippen LogP) is 3.93. The molecule has 0 radical (unpaired) electrons. The molecule has 1 heteroatoms. The molecule has 0 spiro atoms. The monoisotopic (exact) mass is 175 g/mol. The molecule has 0 saturated carbocycles. The lowest BCUT2D eigenvalue weighted by Gasteiger charge is -2.03. The smallest absolute Gasteiger partial charge is 0.0454 e. The molecule has 2 aromatic rings. The van der Waals surface area contributed by atoms with Gasteiger partial charge in [-0.2, -0.15) is 0 Å². The number of aromatic nitrogens is 1. The van der Waals surface area contributed by atoms with Gasteiger partial charge in [-0.25, -0.2) is 0 Å². The van der Waals surface area contributed by atoms with E-state index in [1.165, 1.54) is 16.5 Å². The Morgan fingerprint density at radius 3 is 2.62 bits per heavy atom. The van der Waals surface area contributed by atoms with Gasteiger partial charge in [-0.3, -0.25) is 0 Å². The van der Waals surface area contributed by atoms with Crippen LogP contribution in [-0.2, 0) is 0 Å². The Morgan fingerprint density at radius 1 is 1.15 bits per heavy atom. The topological polar surface area (TPSA) is 15.8 Å². The van der Waals surface area contributed by atoms with Gasteiger partial charge in [0.15, 0.2) is 0 Å². The van der Waals surface area contributed by atoms with Gasteiger partial charge < -0.3 is 4.98 Å². The van der Waals surface area contributed by atoms with Crippen molar-refractivity contribution >= 4 is 10.9 Å². The molecule has 0 aliphatic heterocycles. The molecular weight excluding hydrogens is 158 g/mol. The summed E-state index contributed by atoms with van der Waals surface area (Å²) < 4.78 is 0. The number of hydrogen-bond donors (Lipinski definition) is 1. The molecule has 0 unspecified atom stereocenters. The fraction of sp³-hybridized carbons (Fsp3) is 0.333. The molecule has 0 bridgehead atoms. The third kappa shape index (κ3) is 1.74. The first-order valence-corrected chi connectivity index (χ1v) is 4.34. The van der Waals surface area contributed by atoms with Gasteiger partial charge in [-0.15, -0.1) is 0 Å². The largest absolute Gasteiger partial charge is 0.361 e. The number of hydrogen-bond acceptors (Lipinski definition) is 0. The Bertz CT molecular complexity index is 385. The molecule has 0 aliphatic rings. The first-order chi connectivity index (χ1) is 5.77. The highest BCUT2D eigenvalue weighted by Gasteiger charge is 1.99. The van der Waals surface area contributed by atoms with Crippen LogP contribution < -0.4 is 0 Å². The SMILES string of the molecule is C.CC(C)c1ccc2[nH]ccc2c1. The second kappa shape index (κ2) is 3.65. The second-order valence-corrected chi connectivity index (χ2v) is 3.48. The van der Waals surface area contributed by atoms with Crippen molar-refractivity contribution in [2.45, 2.75) is 27.2 Å². The number of aromatic amines is 1. The molecule has 1 aromatic heterocycles. The zero-order valence-electron chi connectivity index (χ0n) is 7.46. The Balaban J connectivity index is 0.000000845. The zero-order chi connectivity index (χ0) is 8.55. The Labute approximate surface area is 79.8 Å². The van der Waals surface area contributed by atoms with Crippen molar-refractivity contribution in [3.8, 4) is 0 Å². The average Bonchev–Trinajstić information content (AvgIpc) is 2.49. The minimum absolute atomic E-state index is 0. The van der Waals surface area contributed by atoms with Crippen molar-refractivity contribution in [2.75, 3.05) is 0 Å². The van der Waals surface area contributed by atoms with Gasteiger partial charge in [0.05, 0.1) is 0 Å². The fourth-order valence-corrected chi connectivity index (χ4v) is 1.43. The molecule has 0 fully saturated rings. The second-order valence-electron chi connectivity index (χ2n) is 3.48. The number of rotatable bonds is 1. The van der Waals surface area contributed by atoms with Gasteiger partial charge in [-0.1, -0.05) is 27.3 Å². The number of H-pyrrole nitrogens is 1. The van der Waals surface area contributed by atoms with E-state index in [0.717, 1.165) is 0 Å². The van der Waals surface area contributed by atoms with Crippen molar-refractivity contribution in [1.29, 1.82) is 0 Å².